The van der Waals surface area contributed by atoms with E-state index in [9.17, 15) is 0 Å². The fourth-order valence-electron chi connectivity index (χ4n) is 3.47. The van der Waals surface area contributed by atoms with E-state index in [0.29, 0.717) is 12.1 Å². The Hall–Kier alpha value is -1.72. The summed E-state index contributed by atoms with van der Waals surface area (Å²) in [6.45, 7) is 3.80. The van der Waals surface area contributed by atoms with Crippen molar-refractivity contribution in [1.29, 1.82) is 0 Å². The lowest BCUT2D eigenvalue weighted by Crippen LogP contribution is -2.36. The molecule has 1 aromatic heterocycles. The molecule has 5 nitrogen and oxygen atoms in total. The first kappa shape index (κ1) is 15.8. The van der Waals surface area contributed by atoms with Crippen LogP contribution >= 0.6 is 0 Å². The molecule has 0 N–H and O–H groups in total. The van der Waals surface area contributed by atoms with Gasteiger partial charge >= 0.3 is 0 Å². The van der Waals surface area contributed by atoms with Gasteiger partial charge in [0.05, 0.1) is 30.6 Å². The maximum atomic E-state index is 6.07. The third kappa shape index (κ3) is 3.84. The molecule has 0 atom stereocenters. The molecule has 0 unspecified atom stereocenters. The molecule has 0 bridgehead atoms. The minimum atomic E-state index is 0.382. The SMILES string of the molecule is c1ccc(COC2CCN(Cc3cn(C4CCC4)nn3)CC2)cc1. The van der Waals surface area contributed by atoms with Gasteiger partial charge in [-0.25, -0.2) is 4.68 Å². The Morgan fingerprint density at radius 2 is 1.83 bits per heavy atom. The van der Waals surface area contributed by atoms with Crippen molar-refractivity contribution in [3.63, 3.8) is 0 Å². The second kappa shape index (κ2) is 7.45. The molecule has 1 aliphatic carbocycles. The Morgan fingerprint density at radius 3 is 2.54 bits per heavy atom. The summed E-state index contributed by atoms with van der Waals surface area (Å²) in [6.07, 6.45) is 8.57. The normalized spacial score (nSPS) is 20.2. The van der Waals surface area contributed by atoms with Crippen molar-refractivity contribution in [1.82, 2.24) is 19.9 Å². The Balaban J connectivity index is 1.20. The molecule has 2 aromatic rings. The third-order valence-corrected chi connectivity index (χ3v) is 5.26. The highest BCUT2D eigenvalue weighted by molar-refractivity contribution is 5.13. The molecular weight excluding hydrogens is 300 g/mol. The molecule has 0 spiro atoms. The van der Waals surface area contributed by atoms with E-state index in [2.05, 4.69) is 50.4 Å². The first-order valence-electron chi connectivity index (χ1n) is 9.15. The molecule has 2 aliphatic rings. The van der Waals surface area contributed by atoms with Crippen LogP contribution in [0.1, 0.15) is 49.4 Å². The van der Waals surface area contributed by atoms with Crippen LogP contribution in [0.5, 0.6) is 0 Å². The third-order valence-electron chi connectivity index (χ3n) is 5.26. The standard InChI is InChI=1S/C19H26N4O/c1-2-5-16(6-3-1)15-24-19-9-11-22(12-10-19)13-17-14-23(21-20-17)18-7-4-8-18/h1-3,5-6,14,18-19H,4,7-13,15H2. The van der Waals surface area contributed by atoms with Gasteiger partial charge in [-0.2, -0.15) is 0 Å². The van der Waals surface area contributed by atoms with Gasteiger partial charge in [0.15, 0.2) is 0 Å². The summed E-state index contributed by atoms with van der Waals surface area (Å²) in [5, 5.41) is 8.65. The topological polar surface area (TPSA) is 43.2 Å². The van der Waals surface area contributed by atoms with E-state index in [0.717, 1.165) is 44.8 Å². The summed E-state index contributed by atoms with van der Waals surface area (Å²) in [4.78, 5) is 2.47. The van der Waals surface area contributed by atoms with E-state index in [-0.39, 0.29) is 0 Å². The number of nitrogens with zero attached hydrogens (tertiary/aromatic N) is 4. The van der Waals surface area contributed by atoms with Gasteiger partial charge in [-0.15, -0.1) is 5.10 Å². The molecule has 1 saturated heterocycles. The molecule has 1 aliphatic heterocycles. The lowest BCUT2D eigenvalue weighted by molar-refractivity contribution is -0.00415. The predicted octanol–water partition coefficient (Wildman–Crippen LogP) is 3.18. The minimum absolute atomic E-state index is 0.382. The van der Waals surface area contributed by atoms with Crippen LogP contribution in [0, 0.1) is 0 Å². The first-order chi connectivity index (χ1) is 11.9. The molecule has 2 fully saturated rings. The van der Waals surface area contributed by atoms with Crippen LogP contribution < -0.4 is 0 Å². The average Bonchev–Trinajstić information content (AvgIpc) is 3.01. The summed E-state index contributed by atoms with van der Waals surface area (Å²) in [5.74, 6) is 0. The zero-order valence-electron chi connectivity index (χ0n) is 14.2. The van der Waals surface area contributed by atoms with Crippen LogP contribution in [-0.2, 0) is 17.9 Å². The van der Waals surface area contributed by atoms with Crippen LogP contribution in [0.15, 0.2) is 36.5 Å². The number of hydrogen-bond acceptors (Lipinski definition) is 4. The van der Waals surface area contributed by atoms with Crippen LogP contribution in [0.25, 0.3) is 0 Å². The van der Waals surface area contributed by atoms with Crippen molar-refractivity contribution in [2.45, 2.75) is 57.4 Å². The molecule has 0 amide bonds. The van der Waals surface area contributed by atoms with Crippen LogP contribution in [0.4, 0.5) is 0 Å². The van der Waals surface area contributed by atoms with E-state index in [4.69, 9.17) is 4.74 Å². The second-order valence-electron chi connectivity index (χ2n) is 7.05. The van der Waals surface area contributed by atoms with E-state index in [1.54, 1.807) is 0 Å². The Morgan fingerprint density at radius 1 is 1.04 bits per heavy atom. The number of ether oxygens (including phenoxy) is 1. The number of aromatic nitrogens is 3. The highest BCUT2D eigenvalue weighted by atomic mass is 16.5. The number of rotatable bonds is 6. The summed E-state index contributed by atoms with van der Waals surface area (Å²) in [5.41, 5.74) is 2.36. The lowest BCUT2D eigenvalue weighted by atomic mass is 9.93. The first-order valence-corrected chi connectivity index (χ1v) is 9.15. The molecule has 0 radical (unpaired) electrons. The van der Waals surface area contributed by atoms with Crippen molar-refractivity contribution >= 4 is 0 Å². The van der Waals surface area contributed by atoms with Gasteiger partial charge < -0.3 is 4.74 Å². The highest BCUT2D eigenvalue weighted by Crippen LogP contribution is 2.30. The number of likely N-dealkylation sites (tertiary alicyclic amines) is 1. The fourth-order valence-corrected chi connectivity index (χ4v) is 3.47. The average molecular weight is 326 g/mol. The zero-order valence-corrected chi connectivity index (χ0v) is 14.2. The Bertz CT molecular complexity index is 630. The summed E-state index contributed by atoms with van der Waals surface area (Å²) in [7, 11) is 0. The molecule has 128 valence electrons. The van der Waals surface area contributed by atoms with Gasteiger partial charge in [-0.1, -0.05) is 35.5 Å². The van der Waals surface area contributed by atoms with E-state index in [1.165, 1.54) is 24.8 Å². The van der Waals surface area contributed by atoms with E-state index in [1.807, 2.05) is 6.07 Å². The smallest absolute Gasteiger partial charge is 0.0967 e. The quantitative estimate of drug-likeness (QED) is 0.818. The maximum absolute atomic E-state index is 6.07. The van der Waals surface area contributed by atoms with Crippen LogP contribution in [0.2, 0.25) is 0 Å². The monoisotopic (exact) mass is 326 g/mol. The van der Waals surface area contributed by atoms with Crippen molar-refractivity contribution in [3.05, 3.63) is 47.8 Å². The number of piperidine rings is 1. The fraction of sp³-hybridized carbons (Fsp3) is 0.579. The van der Waals surface area contributed by atoms with Gasteiger partial charge in [-0.05, 0) is 37.7 Å². The molecule has 4 rings (SSSR count). The van der Waals surface area contributed by atoms with Crippen molar-refractivity contribution < 1.29 is 4.74 Å². The van der Waals surface area contributed by atoms with Crippen molar-refractivity contribution in [2.75, 3.05) is 13.1 Å². The highest BCUT2D eigenvalue weighted by Gasteiger charge is 2.23. The number of benzene rings is 1. The van der Waals surface area contributed by atoms with E-state index >= 15 is 0 Å². The second-order valence-corrected chi connectivity index (χ2v) is 7.05. The lowest BCUT2D eigenvalue weighted by Gasteiger charge is -2.31. The van der Waals surface area contributed by atoms with Gasteiger partial charge in [-0.3, -0.25) is 4.90 Å². The molecule has 5 heteroatoms. The molecule has 24 heavy (non-hydrogen) atoms. The Labute approximate surface area is 143 Å². The summed E-state index contributed by atoms with van der Waals surface area (Å²) < 4.78 is 8.13. The van der Waals surface area contributed by atoms with Crippen molar-refractivity contribution in [3.8, 4) is 0 Å². The van der Waals surface area contributed by atoms with Gasteiger partial charge in [0.25, 0.3) is 0 Å². The largest absolute Gasteiger partial charge is 0.373 e. The Kier molecular flexibility index (Phi) is 4.90. The van der Waals surface area contributed by atoms with Crippen LogP contribution in [-0.4, -0.2) is 39.1 Å². The van der Waals surface area contributed by atoms with Gasteiger partial charge in [0.1, 0.15) is 0 Å². The molecular formula is C19H26N4O. The minimum Gasteiger partial charge on any atom is -0.373 e. The van der Waals surface area contributed by atoms with Gasteiger partial charge in [0, 0.05) is 19.6 Å². The summed E-state index contributed by atoms with van der Waals surface area (Å²) >= 11 is 0. The van der Waals surface area contributed by atoms with Gasteiger partial charge in [0.2, 0.25) is 0 Å². The van der Waals surface area contributed by atoms with E-state index < -0.39 is 0 Å². The zero-order chi connectivity index (χ0) is 16.2. The maximum Gasteiger partial charge on any atom is 0.0967 e. The molecule has 2 heterocycles. The molecule has 1 aromatic carbocycles. The van der Waals surface area contributed by atoms with Crippen LogP contribution in [0.3, 0.4) is 0 Å². The van der Waals surface area contributed by atoms with Crippen molar-refractivity contribution in [2.24, 2.45) is 0 Å². The number of hydrogen-bond donors (Lipinski definition) is 0. The summed E-state index contributed by atoms with van der Waals surface area (Å²) in [6, 6.07) is 11.0. The molecule has 1 saturated carbocycles. The predicted molar refractivity (Wildman–Crippen MR) is 92.4 cm³/mol.